The van der Waals surface area contributed by atoms with Crippen LogP contribution in [0.15, 0.2) is 35.4 Å². The summed E-state index contributed by atoms with van der Waals surface area (Å²) in [7, 11) is 7.01. The molecule has 0 aliphatic carbocycles. The molecular formula is C21H23Cl2N3O3. The zero-order valence-corrected chi connectivity index (χ0v) is 18.3. The predicted octanol–water partition coefficient (Wildman–Crippen LogP) is 4.34. The molecule has 0 bridgehead atoms. The van der Waals surface area contributed by atoms with Gasteiger partial charge in [-0.2, -0.15) is 0 Å². The van der Waals surface area contributed by atoms with Gasteiger partial charge in [-0.15, -0.1) is 0 Å². The predicted molar refractivity (Wildman–Crippen MR) is 118 cm³/mol. The molecule has 0 N–H and O–H groups in total. The highest BCUT2D eigenvalue weighted by Gasteiger charge is 2.22. The number of ether oxygens (including phenoxy) is 2. The van der Waals surface area contributed by atoms with E-state index in [0.717, 1.165) is 23.9 Å². The van der Waals surface area contributed by atoms with Crippen LogP contribution in [-0.4, -0.2) is 49.3 Å². The molecule has 0 radical (unpaired) electrons. The number of hydrogen-bond donors (Lipinski definition) is 0. The molecule has 2 aromatic heterocycles. The molecule has 0 saturated carbocycles. The van der Waals surface area contributed by atoms with Crippen molar-refractivity contribution in [2.75, 3.05) is 34.9 Å². The van der Waals surface area contributed by atoms with Crippen LogP contribution in [0.25, 0.3) is 22.0 Å². The quantitative estimate of drug-likeness (QED) is 0.552. The molecule has 0 fully saturated rings. The first kappa shape index (κ1) is 21.4. The van der Waals surface area contributed by atoms with Gasteiger partial charge in [0.05, 0.1) is 35.3 Å². The van der Waals surface area contributed by atoms with E-state index in [1.807, 2.05) is 20.2 Å². The Labute approximate surface area is 179 Å². The van der Waals surface area contributed by atoms with E-state index in [1.165, 1.54) is 14.2 Å². The highest BCUT2D eigenvalue weighted by Crippen LogP contribution is 2.45. The summed E-state index contributed by atoms with van der Waals surface area (Å²) in [5.41, 5.74) is 1.40. The number of halogens is 2. The molecule has 2 heterocycles. The van der Waals surface area contributed by atoms with Crippen molar-refractivity contribution in [3.63, 3.8) is 0 Å². The SMILES string of the molecule is COc1cc(OC)c(Cl)c(-c2cc3cnccc3n(CCCN(C)C)c2=O)c1Cl. The average Bonchev–Trinajstić information content (AvgIpc) is 2.70. The van der Waals surface area contributed by atoms with Crippen LogP contribution in [0, 0.1) is 0 Å². The molecule has 0 atom stereocenters. The van der Waals surface area contributed by atoms with Gasteiger partial charge in [0.15, 0.2) is 0 Å². The molecular weight excluding hydrogens is 413 g/mol. The maximum Gasteiger partial charge on any atom is 0.259 e. The number of methoxy groups -OCH3 is 2. The Morgan fingerprint density at radius 1 is 1.10 bits per heavy atom. The van der Waals surface area contributed by atoms with Crippen LogP contribution in [0.4, 0.5) is 0 Å². The van der Waals surface area contributed by atoms with Crippen molar-refractivity contribution in [3.05, 3.63) is 51.0 Å². The van der Waals surface area contributed by atoms with Crippen molar-refractivity contribution in [2.45, 2.75) is 13.0 Å². The molecule has 3 rings (SSSR count). The monoisotopic (exact) mass is 435 g/mol. The highest BCUT2D eigenvalue weighted by atomic mass is 35.5. The normalized spacial score (nSPS) is 11.3. The summed E-state index contributed by atoms with van der Waals surface area (Å²) in [4.78, 5) is 19.8. The van der Waals surface area contributed by atoms with Crippen LogP contribution in [0.3, 0.4) is 0 Å². The Morgan fingerprint density at radius 3 is 2.34 bits per heavy atom. The molecule has 0 aliphatic heterocycles. The summed E-state index contributed by atoms with van der Waals surface area (Å²) in [5.74, 6) is 0.764. The molecule has 8 heteroatoms. The van der Waals surface area contributed by atoms with E-state index in [-0.39, 0.29) is 15.6 Å². The number of benzene rings is 1. The fourth-order valence-electron chi connectivity index (χ4n) is 3.30. The number of aryl methyl sites for hydroxylation is 1. The maximum atomic E-state index is 13.5. The lowest BCUT2D eigenvalue weighted by molar-refractivity contribution is 0.386. The van der Waals surface area contributed by atoms with Crippen LogP contribution in [0.1, 0.15) is 6.42 Å². The van der Waals surface area contributed by atoms with E-state index in [9.17, 15) is 4.79 Å². The first-order chi connectivity index (χ1) is 13.9. The van der Waals surface area contributed by atoms with E-state index in [1.54, 1.807) is 29.1 Å². The second kappa shape index (κ2) is 9.03. The van der Waals surface area contributed by atoms with Crippen molar-refractivity contribution < 1.29 is 9.47 Å². The minimum absolute atomic E-state index is 0.179. The minimum Gasteiger partial charge on any atom is -0.495 e. The first-order valence-electron chi connectivity index (χ1n) is 9.11. The smallest absolute Gasteiger partial charge is 0.259 e. The summed E-state index contributed by atoms with van der Waals surface area (Å²) in [6.07, 6.45) is 4.22. The summed E-state index contributed by atoms with van der Waals surface area (Å²) >= 11 is 13.1. The van der Waals surface area contributed by atoms with Crippen molar-refractivity contribution in [1.82, 2.24) is 14.5 Å². The number of hydrogen-bond acceptors (Lipinski definition) is 5. The third-order valence-corrected chi connectivity index (χ3v) is 5.47. The van der Waals surface area contributed by atoms with Gasteiger partial charge in [0, 0.05) is 36.0 Å². The van der Waals surface area contributed by atoms with Crippen molar-refractivity contribution >= 4 is 34.1 Å². The Hall–Kier alpha value is -2.28. The molecule has 0 amide bonds. The number of pyridine rings is 2. The molecule has 154 valence electrons. The van der Waals surface area contributed by atoms with Crippen LogP contribution < -0.4 is 15.0 Å². The second-order valence-electron chi connectivity index (χ2n) is 6.89. The zero-order valence-electron chi connectivity index (χ0n) is 16.8. The van der Waals surface area contributed by atoms with Crippen LogP contribution >= 0.6 is 23.2 Å². The van der Waals surface area contributed by atoms with Gasteiger partial charge in [-0.1, -0.05) is 23.2 Å². The summed E-state index contributed by atoms with van der Waals surface area (Å²) < 4.78 is 12.5. The van der Waals surface area contributed by atoms with Crippen molar-refractivity contribution in [2.24, 2.45) is 0 Å². The van der Waals surface area contributed by atoms with Gasteiger partial charge in [-0.05, 0) is 39.2 Å². The Bertz CT molecular complexity index is 1070. The molecule has 0 saturated heterocycles. The zero-order chi connectivity index (χ0) is 21.1. The van der Waals surface area contributed by atoms with E-state index >= 15 is 0 Å². The minimum atomic E-state index is -0.179. The van der Waals surface area contributed by atoms with E-state index < -0.39 is 0 Å². The lowest BCUT2D eigenvalue weighted by Gasteiger charge is -2.17. The van der Waals surface area contributed by atoms with Gasteiger partial charge in [0.25, 0.3) is 5.56 Å². The Kier molecular flexibility index (Phi) is 6.67. The molecule has 0 unspecified atom stereocenters. The van der Waals surface area contributed by atoms with Gasteiger partial charge in [0.1, 0.15) is 11.5 Å². The number of aromatic nitrogens is 2. The molecule has 3 aromatic rings. The topological polar surface area (TPSA) is 56.6 Å². The number of nitrogens with zero attached hydrogens (tertiary/aromatic N) is 3. The molecule has 29 heavy (non-hydrogen) atoms. The van der Waals surface area contributed by atoms with Gasteiger partial charge in [0.2, 0.25) is 0 Å². The first-order valence-corrected chi connectivity index (χ1v) is 9.87. The van der Waals surface area contributed by atoms with E-state index in [4.69, 9.17) is 32.7 Å². The van der Waals surface area contributed by atoms with Crippen LogP contribution in [0.2, 0.25) is 10.0 Å². The van der Waals surface area contributed by atoms with Crippen molar-refractivity contribution in [1.29, 1.82) is 0 Å². The van der Waals surface area contributed by atoms with E-state index in [0.29, 0.717) is 29.2 Å². The molecule has 6 nitrogen and oxygen atoms in total. The van der Waals surface area contributed by atoms with Crippen LogP contribution in [0.5, 0.6) is 11.5 Å². The maximum absolute atomic E-state index is 13.5. The molecule has 0 spiro atoms. The standard InChI is InChI=1S/C21H23Cl2N3O3/c1-25(2)8-5-9-26-15-6-7-24-12-13(15)10-14(21(26)27)18-19(22)16(28-3)11-17(29-4)20(18)23/h6-7,10-12H,5,8-9H2,1-4H3. The summed E-state index contributed by atoms with van der Waals surface area (Å²) in [5, 5.41) is 1.35. The fourth-order valence-corrected chi connectivity index (χ4v) is 4.00. The molecule has 1 aromatic carbocycles. The third-order valence-electron chi connectivity index (χ3n) is 4.72. The van der Waals surface area contributed by atoms with Gasteiger partial charge in [-0.3, -0.25) is 9.78 Å². The average molecular weight is 436 g/mol. The highest BCUT2D eigenvalue weighted by molar-refractivity contribution is 6.41. The Morgan fingerprint density at radius 2 is 1.76 bits per heavy atom. The lowest BCUT2D eigenvalue weighted by atomic mass is 10.0. The fraction of sp³-hybridized carbons (Fsp3) is 0.333. The summed E-state index contributed by atoms with van der Waals surface area (Å²) in [6.45, 7) is 1.42. The second-order valence-corrected chi connectivity index (χ2v) is 7.65. The number of fused-ring (bicyclic) bond motifs is 1. The summed E-state index contributed by atoms with van der Waals surface area (Å²) in [6, 6.07) is 5.21. The van der Waals surface area contributed by atoms with Crippen molar-refractivity contribution in [3.8, 4) is 22.6 Å². The third kappa shape index (κ3) is 4.20. The van der Waals surface area contributed by atoms with Crippen LogP contribution in [-0.2, 0) is 6.54 Å². The Balaban J connectivity index is 2.29. The molecule has 0 aliphatic rings. The van der Waals surface area contributed by atoms with Gasteiger partial charge in [-0.25, -0.2) is 0 Å². The van der Waals surface area contributed by atoms with E-state index in [2.05, 4.69) is 9.88 Å². The number of rotatable bonds is 7. The largest absolute Gasteiger partial charge is 0.495 e. The van der Waals surface area contributed by atoms with Gasteiger partial charge >= 0.3 is 0 Å². The lowest BCUT2D eigenvalue weighted by Crippen LogP contribution is -2.24. The van der Waals surface area contributed by atoms with Gasteiger partial charge < -0.3 is 18.9 Å².